The van der Waals surface area contributed by atoms with Crippen LogP contribution in [0.5, 0.6) is 0 Å². The molecule has 0 radical (unpaired) electrons. The molecule has 140 valence electrons. The van der Waals surface area contributed by atoms with Gasteiger partial charge in [-0.15, -0.1) is 0 Å². The van der Waals surface area contributed by atoms with Gasteiger partial charge in [0.25, 0.3) is 0 Å². The van der Waals surface area contributed by atoms with Crippen molar-refractivity contribution in [3.05, 3.63) is 35.2 Å². The fourth-order valence-corrected chi connectivity index (χ4v) is 2.80. The van der Waals surface area contributed by atoms with Gasteiger partial charge in [-0.2, -0.15) is 5.10 Å². The lowest BCUT2D eigenvalue weighted by molar-refractivity contribution is 0.261. The molecule has 0 unspecified atom stereocenters. The smallest absolute Gasteiger partial charge is 0.0827 e. The van der Waals surface area contributed by atoms with Gasteiger partial charge in [0.1, 0.15) is 0 Å². The van der Waals surface area contributed by atoms with E-state index in [0.29, 0.717) is 0 Å². The summed E-state index contributed by atoms with van der Waals surface area (Å²) in [6, 6.07) is 0. The van der Waals surface area contributed by atoms with Crippen molar-refractivity contribution in [3.63, 3.8) is 0 Å². The van der Waals surface area contributed by atoms with E-state index in [9.17, 15) is 0 Å². The molecule has 0 bridgehead atoms. The average molecular weight is 347 g/mol. The van der Waals surface area contributed by atoms with Gasteiger partial charge in [-0.3, -0.25) is 9.58 Å². The number of aryl methyl sites for hydroxylation is 2. The van der Waals surface area contributed by atoms with Gasteiger partial charge in [-0.1, -0.05) is 19.1 Å². The van der Waals surface area contributed by atoms with Crippen molar-refractivity contribution >= 4 is 11.9 Å². The third kappa shape index (κ3) is 7.23. The predicted molar refractivity (Wildman–Crippen MR) is 108 cm³/mol. The molecule has 0 spiro atoms. The topological polar surface area (TPSA) is 69.0 Å². The largest absolute Gasteiger partial charge is 0.385 e. The van der Waals surface area contributed by atoms with Gasteiger partial charge in [-0.25, -0.2) is 0 Å². The summed E-state index contributed by atoms with van der Waals surface area (Å²) in [4.78, 5) is 2.42. The zero-order valence-corrected chi connectivity index (χ0v) is 16.4. The van der Waals surface area contributed by atoms with Crippen LogP contribution in [0.25, 0.3) is 0 Å². The Morgan fingerprint density at radius 2 is 2.00 bits per heavy atom. The Bertz CT molecular complexity index is 579. The summed E-state index contributed by atoms with van der Waals surface area (Å²) < 4.78 is 1.88. The molecule has 0 atom stereocenters. The molecular weight excluding hydrogens is 312 g/mol. The maximum absolute atomic E-state index is 7.12. The summed E-state index contributed by atoms with van der Waals surface area (Å²) >= 11 is 0. The van der Waals surface area contributed by atoms with Crippen molar-refractivity contribution in [2.45, 2.75) is 27.2 Å². The molecule has 1 fully saturated rings. The molecule has 0 aromatic carbocycles. The van der Waals surface area contributed by atoms with E-state index in [4.69, 9.17) is 5.41 Å². The van der Waals surface area contributed by atoms with Crippen LogP contribution in [0.2, 0.25) is 0 Å². The fourth-order valence-electron chi connectivity index (χ4n) is 2.80. The number of hydrogen-bond donors (Lipinski definition) is 3. The standard InChI is InChI=1S/C12H21N3.C7H13N3/c1-2-3-4-12(5-6-13)11-15-9-7-14-8-10-15;1-5-7(8-3)6(2)10(4)9-5/h3-6,13-14H,2,7-11H2,1H3;8H,1-4H3/b4-3-,12-5+,13-6?;. The number of piperazine rings is 1. The molecule has 0 amide bonds. The summed E-state index contributed by atoms with van der Waals surface area (Å²) in [6.07, 6.45) is 8.59. The summed E-state index contributed by atoms with van der Waals surface area (Å²) in [5.41, 5.74) is 4.61. The second-order valence-corrected chi connectivity index (χ2v) is 6.16. The number of allylic oxidation sites excluding steroid dienone is 2. The molecule has 6 nitrogen and oxygen atoms in total. The van der Waals surface area contributed by atoms with Gasteiger partial charge >= 0.3 is 0 Å². The van der Waals surface area contributed by atoms with E-state index in [2.05, 4.69) is 39.7 Å². The number of hydrogen-bond acceptors (Lipinski definition) is 5. The Morgan fingerprint density at radius 1 is 1.32 bits per heavy atom. The molecule has 0 aliphatic carbocycles. The third-order valence-corrected chi connectivity index (χ3v) is 4.24. The highest BCUT2D eigenvalue weighted by Crippen LogP contribution is 2.16. The number of rotatable bonds is 6. The minimum atomic E-state index is 0.966. The normalized spacial score (nSPS) is 15.8. The Kier molecular flexibility index (Phi) is 9.80. The van der Waals surface area contributed by atoms with Gasteiger partial charge in [0.2, 0.25) is 0 Å². The van der Waals surface area contributed by atoms with Gasteiger partial charge in [-0.05, 0) is 31.9 Å². The van der Waals surface area contributed by atoms with E-state index in [0.717, 1.165) is 50.5 Å². The highest BCUT2D eigenvalue weighted by atomic mass is 15.3. The summed E-state index contributed by atoms with van der Waals surface area (Å²) in [6.45, 7) is 11.5. The molecule has 1 aliphatic heterocycles. The first-order chi connectivity index (χ1) is 12.0. The number of nitrogens with one attached hydrogen (secondary N) is 3. The predicted octanol–water partition coefficient (Wildman–Crippen LogP) is 2.51. The molecule has 0 saturated carbocycles. The minimum absolute atomic E-state index is 0.966. The third-order valence-electron chi connectivity index (χ3n) is 4.24. The van der Waals surface area contributed by atoms with Crippen LogP contribution in [0.15, 0.2) is 23.8 Å². The minimum Gasteiger partial charge on any atom is -0.385 e. The van der Waals surface area contributed by atoms with E-state index in [1.165, 1.54) is 17.5 Å². The molecule has 1 aromatic rings. The van der Waals surface area contributed by atoms with E-state index in [1.54, 1.807) is 0 Å². The molecule has 1 aliphatic rings. The quantitative estimate of drug-likeness (QED) is 0.547. The molecule has 25 heavy (non-hydrogen) atoms. The van der Waals surface area contributed by atoms with Crippen LogP contribution >= 0.6 is 0 Å². The Labute approximate surface area is 152 Å². The molecule has 6 heteroatoms. The molecule has 2 rings (SSSR count). The van der Waals surface area contributed by atoms with Gasteiger partial charge in [0, 0.05) is 53.0 Å². The van der Waals surface area contributed by atoms with Crippen LogP contribution in [0.3, 0.4) is 0 Å². The van der Waals surface area contributed by atoms with Crippen molar-refractivity contribution < 1.29 is 0 Å². The highest BCUT2D eigenvalue weighted by Gasteiger charge is 2.09. The number of anilines is 1. The van der Waals surface area contributed by atoms with Gasteiger partial charge in [0.15, 0.2) is 0 Å². The lowest BCUT2D eigenvalue weighted by Gasteiger charge is -2.27. The monoisotopic (exact) mass is 346 g/mol. The van der Waals surface area contributed by atoms with Crippen molar-refractivity contribution in [2.24, 2.45) is 7.05 Å². The number of nitrogens with zero attached hydrogens (tertiary/aromatic N) is 3. The van der Waals surface area contributed by atoms with Crippen LogP contribution in [0.1, 0.15) is 24.7 Å². The zero-order valence-electron chi connectivity index (χ0n) is 16.4. The maximum Gasteiger partial charge on any atom is 0.0827 e. The van der Waals surface area contributed by atoms with Gasteiger partial charge < -0.3 is 16.0 Å². The second-order valence-electron chi connectivity index (χ2n) is 6.16. The lowest BCUT2D eigenvalue weighted by Crippen LogP contribution is -2.44. The van der Waals surface area contributed by atoms with Crippen molar-refractivity contribution in [3.8, 4) is 0 Å². The zero-order chi connectivity index (χ0) is 18.7. The van der Waals surface area contributed by atoms with E-state index >= 15 is 0 Å². The molecule has 2 heterocycles. The van der Waals surface area contributed by atoms with Crippen LogP contribution in [0.4, 0.5) is 5.69 Å². The maximum atomic E-state index is 7.12. The fraction of sp³-hybridized carbons (Fsp3) is 0.579. The summed E-state index contributed by atoms with van der Waals surface area (Å²) in [5.74, 6) is 0. The average Bonchev–Trinajstić information content (AvgIpc) is 2.86. The van der Waals surface area contributed by atoms with Crippen molar-refractivity contribution in [1.82, 2.24) is 20.0 Å². The SMILES string of the molecule is CC/C=C\C(=C/C=N)CN1CCNCC1.CNc1c(C)nn(C)c1C. The second kappa shape index (κ2) is 11.6. The van der Waals surface area contributed by atoms with Crippen LogP contribution in [-0.2, 0) is 7.05 Å². The van der Waals surface area contributed by atoms with E-state index < -0.39 is 0 Å². The van der Waals surface area contributed by atoms with Crippen LogP contribution in [0, 0.1) is 19.3 Å². The first kappa shape index (κ1) is 21.1. The molecule has 3 N–H and O–H groups in total. The van der Waals surface area contributed by atoms with Crippen LogP contribution in [-0.4, -0.2) is 60.7 Å². The first-order valence-electron chi connectivity index (χ1n) is 9.00. The molecule has 1 saturated heterocycles. The summed E-state index contributed by atoms with van der Waals surface area (Å²) in [5, 5.41) is 17.8. The Morgan fingerprint density at radius 3 is 2.44 bits per heavy atom. The Balaban J connectivity index is 0.000000271. The lowest BCUT2D eigenvalue weighted by atomic mass is 10.2. The van der Waals surface area contributed by atoms with Crippen molar-refractivity contribution in [2.75, 3.05) is 45.1 Å². The first-order valence-corrected chi connectivity index (χ1v) is 9.00. The summed E-state index contributed by atoms with van der Waals surface area (Å²) in [7, 11) is 3.86. The Hall–Kier alpha value is -1.92. The molecular formula is C19H34N6. The number of aromatic nitrogens is 2. The molecule has 1 aromatic heterocycles. The van der Waals surface area contributed by atoms with Crippen molar-refractivity contribution in [1.29, 1.82) is 5.41 Å². The van der Waals surface area contributed by atoms with Crippen LogP contribution < -0.4 is 10.6 Å². The highest BCUT2D eigenvalue weighted by molar-refractivity contribution is 5.70. The van der Waals surface area contributed by atoms with E-state index in [-0.39, 0.29) is 0 Å². The van der Waals surface area contributed by atoms with Gasteiger partial charge in [0.05, 0.1) is 17.1 Å². The van der Waals surface area contributed by atoms with E-state index in [1.807, 2.05) is 38.7 Å².